The average molecular weight is 268 g/mol. The summed E-state index contributed by atoms with van der Waals surface area (Å²) in [5.41, 5.74) is 0. The Morgan fingerprint density at radius 2 is 1.84 bits per heavy atom. The van der Waals surface area contributed by atoms with E-state index in [1.807, 2.05) is 0 Å². The van der Waals surface area contributed by atoms with Crippen molar-refractivity contribution in [3.8, 4) is 0 Å². The van der Waals surface area contributed by atoms with Crippen LogP contribution in [0.1, 0.15) is 47.0 Å². The van der Waals surface area contributed by atoms with E-state index in [0.29, 0.717) is 18.2 Å². The Hall–Kier alpha value is -0.120. The van der Waals surface area contributed by atoms with Crippen LogP contribution in [-0.2, 0) is 4.74 Å². The van der Waals surface area contributed by atoms with Crippen LogP contribution in [0, 0.1) is 11.8 Å². The van der Waals surface area contributed by atoms with Gasteiger partial charge in [0.1, 0.15) is 0 Å². The number of nitrogens with zero attached hydrogens (tertiary/aromatic N) is 1. The van der Waals surface area contributed by atoms with E-state index in [-0.39, 0.29) is 0 Å². The summed E-state index contributed by atoms with van der Waals surface area (Å²) in [7, 11) is 0. The van der Waals surface area contributed by atoms with Gasteiger partial charge in [0.25, 0.3) is 0 Å². The highest BCUT2D eigenvalue weighted by molar-refractivity contribution is 4.81. The fourth-order valence-electron chi connectivity index (χ4n) is 3.23. The highest BCUT2D eigenvalue weighted by Crippen LogP contribution is 2.25. The molecule has 19 heavy (non-hydrogen) atoms. The zero-order chi connectivity index (χ0) is 13.8. The molecule has 0 aromatic rings. The van der Waals surface area contributed by atoms with Crippen LogP contribution in [0.15, 0.2) is 0 Å². The molecule has 2 rings (SSSR count). The molecule has 2 saturated heterocycles. The molecule has 0 amide bonds. The van der Waals surface area contributed by atoms with Gasteiger partial charge in [-0.25, -0.2) is 0 Å². The number of ether oxygens (including phenoxy) is 1. The zero-order valence-corrected chi connectivity index (χ0v) is 13.2. The Balaban J connectivity index is 1.67. The van der Waals surface area contributed by atoms with Crippen molar-refractivity contribution in [2.75, 3.05) is 26.2 Å². The van der Waals surface area contributed by atoms with Gasteiger partial charge in [-0.15, -0.1) is 0 Å². The number of hydrogen-bond acceptors (Lipinski definition) is 3. The second kappa shape index (κ2) is 7.05. The molecular formula is C16H32N2O. The second-order valence-electron chi connectivity index (χ2n) is 7.02. The highest BCUT2D eigenvalue weighted by atomic mass is 16.5. The first-order valence-corrected chi connectivity index (χ1v) is 8.15. The molecule has 0 aromatic carbocycles. The van der Waals surface area contributed by atoms with E-state index in [9.17, 15) is 0 Å². The summed E-state index contributed by atoms with van der Waals surface area (Å²) in [4.78, 5) is 2.62. The number of piperidine rings is 1. The monoisotopic (exact) mass is 268 g/mol. The second-order valence-corrected chi connectivity index (χ2v) is 7.02. The summed E-state index contributed by atoms with van der Waals surface area (Å²) in [6.45, 7) is 13.9. The third-order valence-corrected chi connectivity index (χ3v) is 4.83. The number of rotatable bonds is 5. The topological polar surface area (TPSA) is 24.5 Å². The Bertz CT molecular complexity index is 269. The summed E-state index contributed by atoms with van der Waals surface area (Å²) in [5, 5.41) is 3.49. The van der Waals surface area contributed by atoms with Crippen molar-refractivity contribution in [2.45, 2.75) is 65.2 Å². The Morgan fingerprint density at radius 1 is 1.11 bits per heavy atom. The lowest BCUT2D eigenvalue weighted by atomic mass is 9.88. The zero-order valence-electron chi connectivity index (χ0n) is 13.2. The first-order chi connectivity index (χ1) is 9.04. The largest absolute Gasteiger partial charge is 0.372 e. The Morgan fingerprint density at radius 3 is 2.53 bits per heavy atom. The van der Waals surface area contributed by atoms with Crippen molar-refractivity contribution >= 4 is 0 Å². The van der Waals surface area contributed by atoms with Gasteiger partial charge in [-0.2, -0.15) is 0 Å². The van der Waals surface area contributed by atoms with Crippen molar-refractivity contribution in [3.63, 3.8) is 0 Å². The molecule has 2 fully saturated rings. The molecule has 3 nitrogen and oxygen atoms in total. The fraction of sp³-hybridized carbons (Fsp3) is 1.00. The summed E-state index contributed by atoms with van der Waals surface area (Å²) >= 11 is 0. The van der Waals surface area contributed by atoms with Crippen LogP contribution in [0.25, 0.3) is 0 Å². The SMILES string of the molecule is CC(C)NCC1CCC(CN2CCC(C)C(C)C2)O1. The Labute approximate surface area is 119 Å². The summed E-state index contributed by atoms with van der Waals surface area (Å²) < 4.78 is 6.17. The molecule has 0 aliphatic carbocycles. The molecule has 2 aliphatic rings. The van der Waals surface area contributed by atoms with Crippen LogP contribution in [0.5, 0.6) is 0 Å². The van der Waals surface area contributed by atoms with Gasteiger partial charge in [-0.05, 0) is 37.6 Å². The lowest BCUT2D eigenvalue weighted by Gasteiger charge is -2.36. The van der Waals surface area contributed by atoms with Gasteiger partial charge in [-0.1, -0.05) is 27.7 Å². The summed E-state index contributed by atoms with van der Waals surface area (Å²) in [5.74, 6) is 1.73. The van der Waals surface area contributed by atoms with Gasteiger partial charge in [0, 0.05) is 25.7 Å². The third kappa shape index (κ3) is 4.73. The standard InChI is InChI=1S/C16H32N2O/c1-12(2)17-9-15-5-6-16(19-15)11-18-8-7-13(3)14(4)10-18/h12-17H,5-11H2,1-4H3. The smallest absolute Gasteiger partial charge is 0.0707 e. The van der Waals surface area contributed by atoms with Crippen LogP contribution in [-0.4, -0.2) is 49.3 Å². The molecule has 1 N–H and O–H groups in total. The molecule has 3 heteroatoms. The van der Waals surface area contributed by atoms with Gasteiger partial charge in [0.15, 0.2) is 0 Å². The van der Waals surface area contributed by atoms with Crippen LogP contribution < -0.4 is 5.32 Å². The first kappa shape index (κ1) is 15.3. The molecule has 4 atom stereocenters. The molecule has 0 bridgehead atoms. The van der Waals surface area contributed by atoms with E-state index in [1.165, 1.54) is 32.4 Å². The van der Waals surface area contributed by atoms with Crippen molar-refractivity contribution in [3.05, 3.63) is 0 Å². The number of nitrogens with one attached hydrogen (secondary N) is 1. The van der Waals surface area contributed by atoms with Gasteiger partial charge in [-0.3, -0.25) is 0 Å². The number of likely N-dealkylation sites (tertiary alicyclic amines) is 1. The molecule has 2 heterocycles. The van der Waals surface area contributed by atoms with E-state index in [1.54, 1.807) is 0 Å². The van der Waals surface area contributed by atoms with Gasteiger partial charge in [0.2, 0.25) is 0 Å². The molecule has 0 spiro atoms. The minimum atomic E-state index is 0.438. The van der Waals surface area contributed by atoms with E-state index >= 15 is 0 Å². The minimum absolute atomic E-state index is 0.438. The van der Waals surface area contributed by atoms with Crippen LogP contribution in [0.4, 0.5) is 0 Å². The molecular weight excluding hydrogens is 236 g/mol. The van der Waals surface area contributed by atoms with E-state index in [4.69, 9.17) is 4.74 Å². The fourth-order valence-corrected chi connectivity index (χ4v) is 3.23. The third-order valence-electron chi connectivity index (χ3n) is 4.83. The predicted octanol–water partition coefficient (Wildman–Crippen LogP) is 2.51. The van der Waals surface area contributed by atoms with E-state index in [0.717, 1.165) is 24.9 Å². The van der Waals surface area contributed by atoms with Crippen LogP contribution >= 0.6 is 0 Å². The van der Waals surface area contributed by atoms with Crippen molar-refractivity contribution in [2.24, 2.45) is 11.8 Å². The van der Waals surface area contributed by atoms with Gasteiger partial charge >= 0.3 is 0 Å². The van der Waals surface area contributed by atoms with Crippen molar-refractivity contribution in [1.29, 1.82) is 0 Å². The molecule has 0 radical (unpaired) electrons. The maximum atomic E-state index is 6.17. The summed E-state index contributed by atoms with van der Waals surface area (Å²) in [6, 6.07) is 0.562. The lowest BCUT2D eigenvalue weighted by Crippen LogP contribution is -2.42. The molecule has 112 valence electrons. The summed E-state index contributed by atoms with van der Waals surface area (Å²) in [6.07, 6.45) is 4.73. The maximum absolute atomic E-state index is 6.17. The van der Waals surface area contributed by atoms with Crippen molar-refractivity contribution in [1.82, 2.24) is 10.2 Å². The van der Waals surface area contributed by atoms with Gasteiger partial charge < -0.3 is 15.0 Å². The average Bonchev–Trinajstić information content (AvgIpc) is 2.79. The van der Waals surface area contributed by atoms with Crippen molar-refractivity contribution < 1.29 is 4.74 Å². The molecule has 0 aromatic heterocycles. The first-order valence-electron chi connectivity index (χ1n) is 8.15. The molecule has 2 aliphatic heterocycles. The quantitative estimate of drug-likeness (QED) is 0.829. The lowest BCUT2D eigenvalue weighted by molar-refractivity contribution is 0.0102. The minimum Gasteiger partial charge on any atom is -0.372 e. The van der Waals surface area contributed by atoms with Crippen LogP contribution in [0.2, 0.25) is 0 Å². The van der Waals surface area contributed by atoms with Gasteiger partial charge in [0.05, 0.1) is 12.2 Å². The highest BCUT2D eigenvalue weighted by Gasteiger charge is 2.29. The van der Waals surface area contributed by atoms with Crippen LogP contribution in [0.3, 0.4) is 0 Å². The normalized spacial score (nSPS) is 37.1. The van der Waals surface area contributed by atoms with E-state index in [2.05, 4.69) is 37.9 Å². The Kier molecular flexibility index (Phi) is 5.67. The van der Waals surface area contributed by atoms with E-state index < -0.39 is 0 Å². The molecule has 4 unspecified atom stereocenters. The maximum Gasteiger partial charge on any atom is 0.0707 e. The number of hydrogen-bond donors (Lipinski definition) is 1. The molecule has 0 saturated carbocycles. The predicted molar refractivity (Wildman–Crippen MR) is 80.4 cm³/mol.